The first kappa shape index (κ1) is 20.1. The highest BCUT2D eigenvalue weighted by Crippen LogP contribution is 2.11. The van der Waals surface area contributed by atoms with Gasteiger partial charge in [-0.3, -0.25) is 0 Å². The highest BCUT2D eigenvalue weighted by Gasteiger charge is 2.40. The van der Waals surface area contributed by atoms with Crippen molar-refractivity contribution in [3.05, 3.63) is 35.9 Å². The summed E-state index contributed by atoms with van der Waals surface area (Å²) >= 11 is 0. The molecule has 4 heteroatoms. The van der Waals surface area contributed by atoms with E-state index in [1.807, 2.05) is 12.1 Å². The average molecular weight is 337 g/mol. The van der Waals surface area contributed by atoms with Crippen LogP contribution in [0.3, 0.4) is 0 Å². The molecular weight excluding hydrogens is 304 g/mol. The molecule has 0 saturated carbocycles. The van der Waals surface area contributed by atoms with Gasteiger partial charge in [0.2, 0.25) is 0 Å². The first-order valence-corrected chi connectivity index (χ1v) is 10.4. The number of rotatable bonds is 12. The van der Waals surface area contributed by atoms with E-state index in [0.717, 1.165) is 11.6 Å². The molecule has 0 radical (unpaired) electrons. The Labute approximate surface area is 143 Å². The Morgan fingerprint density at radius 3 is 1.96 bits per heavy atom. The fourth-order valence-electron chi connectivity index (χ4n) is 2.66. The van der Waals surface area contributed by atoms with Gasteiger partial charge < -0.3 is 13.3 Å². The molecule has 0 atom stereocenters. The van der Waals surface area contributed by atoms with Crippen molar-refractivity contribution in [3.8, 4) is 0 Å². The highest BCUT2D eigenvalue weighted by atomic mass is 28.4. The van der Waals surface area contributed by atoms with Crippen LogP contribution in [-0.4, -0.2) is 30.1 Å². The lowest BCUT2D eigenvalue weighted by Crippen LogP contribution is -2.54. The molecule has 0 saturated heterocycles. The van der Waals surface area contributed by atoms with Crippen molar-refractivity contribution in [3.63, 3.8) is 0 Å². The van der Waals surface area contributed by atoms with E-state index >= 15 is 0 Å². The number of allylic oxidation sites excluding steroid dienone is 1. The van der Waals surface area contributed by atoms with Gasteiger partial charge in [0.15, 0.2) is 0 Å². The average Bonchev–Trinajstić information content (AvgIpc) is 2.60. The van der Waals surface area contributed by atoms with E-state index in [0.29, 0.717) is 0 Å². The molecule has 0 spiro atoms. The van der Waals surface area contributed by atoms with Crippen LogP contribution in [0.25, 0.3) is 6.08 Å². The van der Waals surface area contributed by atoms with Crippen LogP contribution < -0.4 is 5.19 Å². The second kappa shape index (κ2) is 11.6. The molecular formula is C19H32O3Si. The number of unbranched alkanes of at least 4 members (excludes halogenated alkanes) is 6. The Kier molecular flexibility index (Phi) is 10.1. The summed E-state index contributed by atoms with van der Waals surface area (Å²) in [5.74, 6) is 0. The zero-order valence-corrected chi connectivity index (χ0v) is 16.1. The van der Waals surface area contributed by atoms with E-state index in [1.54, 1.807) is 21.3 Å². The SMILES string of the molecule is CCCCCCCCC=Cc1ccc([Si](OC)(OC)OC)cc1. The molecule has 0 unspecified atom stereocenters. The van der Waals surface area contributed by atoms with E-state index in [2.05, 4.69) is 31.2 Å². The van der Waals surface area contributed by atoms with Gasteiger partial charge in [-0.25, -0.2) is 0 Å². The third kappa shape index (κ3) is 6.59. The van der Waals surface area contributed by atoms with E-state index in [-0.39, 0.29) is 0 Å². The quantitative estimate of drug-likeness (QED) is 0.414. The van der Waals surface area contributed by atoms with Gasteiger partial charge in [-0.05, 0) is 18.4 Å². The van der Waals surface area contributed by atoms with Gasteiger partial charge in [-0.15, -0.1) is 0 Å². The van der Waals surface area contributed by atoms with E-state index in [9.17, 15) is 0 Å². The Morgan fingerprint density at radius 1 is 0.826 bits per heavy atom. The first-order chi connectivity index (χ1) is 11.2. The molecule has 0 fully saturated rings. The zero-order valence-electron chi connectivity index (χ0n) is 15.1. The third-order valence-electron chi connectivity index (χ3n) is 4.11. The van der Waals surface area contributed by atoms with Crippen molar-refractivity contribution in [2.75, 3.05) is 21.3 Å². The Hall–Kier alpha value is -0.943. The lowest BCUT2D eigenvalue weighted by Gasteiger charge is -2.24. The molecule has 1 aromatic rings. The molecule has 0 heterocycles. The molecule has 0 aromatic heterocycles. The van der Waals surface area contributed by atoms with Crippen LogP contribution in [-0.2, 0) is 13.3 Å². The largest absolute Gasteiger partial charge is 0.536 e. The van der Waals surface area contributed by atoms with Crippen molar-refractivity contribution in [2.24, 2.45) is 0 Å². The summed E-state index contributed by atoms with van der Waals surface area (Å²) in [7, 11) is 2.20. The van der Waals surface area contributed by atoms with Crippen LogP contribution in [0.15, 0.2) is 30.3 Å². The van der Waals surface area contributed by atoms with Crippen LogP contribution in [0.4, 0.5) is 0 Å². The van der Waals surface area contributed by atoms with E-state index in [4.69, 9.17) is 13.3 Å². The van der Waals surface area contributed by atoms with Gasteiger partial charge >= 0.3 is 8.80 Å². The Balaban J connectivity index is 2.43. The molecule has 0 bridgehead atoms. The lowest BCUT2D eigenvalue weighted by molar-refractivity contribution is 0.140. The van der Waals surface area contributed by atoms with Gasteiger partial charge in [0.1, 0.15) is 0 Å². The second-order valence-electron chi connectivity index (χ2n) is 5.75. The van der Waals surface area contributed by atoms with Crippen LogP contribution in [0.5, 0.6) is 0 Å². The minimum Gasteiger partial charge on any atom is -0.373 e. The van der Waals surface area contributed by atoms with Crippen molar-refractivity contribution in [2.45, 2.75) is 51.9 Å². The Morgan fingerprint density at radius 2 is 1.39 bits per heavy atom. The lowest BCUT2D eigenvalue weighted by atomic mass is 10.1. The summed E-state index contributed by atoms with van der Waals surface area (Å²) in [6.07, 6.45) is 13.7. The van der Waals surface area contributed by atoms with Gasteiger partial charge in [-0.2, -0.15) is 0 Å². The summed E-state index contributed by atoms with van der Waals surface area (Å²) in [4.78, 5) is 0. The van der Waals surface area contributed by atoms with Crippen LogP contribution >= 0.6 is 0 Å². The smallest absolute Gasteiger partial charge is 0.373 e. The first-order valence-electron chi connectivity index (χ1n) is 8.65. The Bertz CT molecular complexity index is 430. The van der Waals surface area contributed by atoms with E-state index in [1.165, 1.54) is 44.1 Å². The minimum atomic E-state index is -2.70. The monoisotopic (exact) mass is 336 g/mol. The standard InChI is InChI=1S/C19H32O3Si/c1-5-6-7-8-9-10-11-12-13-18-14-16-19(17-15-18)23(20-2,21-3)22-4/h12-17H,5-11H2,1-4H3. The summed E-state index contributed by atoms with van der Waals surface area (Å²) in [5, 5.41) is 0.984. The molecule has 0 aliphatic carbocycles. The van der Waals surface area contributed by atoms with Gasteiger partial charge in [0.25, 0.3) is 0 Å². The van der Waals surface area contributed by atoms with Gasteiger partial charge in [-0.1, -0.05) is 75.4 Å². The highest BCUT2D eigenvalue weighted by molar-refractivity contribution is 6.75. The predicted molar refractivity (Wildman–Crippen MR) is 99.9 cm³/mol. The maximum Gasteiger partial charge on any atom is 0.536 e. The minimum absolute atomic E-state index is 0.984. The third-order valence-corrected chi connectivity index (χ3v) is 6.76. The summed E-state index contributed by atoms with van der Waals surface area (Å²) < 4.78 is 16.5. The number of hydrogen-bond acceptors (Lipinski definition) is 3. The topological polar surface area (TPSA) is 27.7 Å². The molecule has 0 N–H and O–H groups in total. The summed E-state index contributed by atoms with van der Waals surface area (Å²) in [5.41, 5.74) is 1.20. The normalized spacial score (nSPS) is 12.2. The fourth-order valence-corrected chi connectivity index (χ4v) is 4.45. The van der Waals surface area contributed by atoms with Crippen molar-refractivity contribution in [1.82, 2.24) is 0 Å². The number of benzene rings is 1. The molecule has 1 rings (SSSR count). The molecule has 1 aromatic carbocycles. The van der Waals surface area contributed by atoms with Crippen molar-refractivity contribution < 1.29 is 13.3 Å². The molecule has 23 heavy (non-hydrogen) atoms. The van der Waals surface area contributed by atoms with Crippen LogP contribution in [0, 0.1) is 0 Å². The second-order valence-corrected chi connectivity index (χ2v) is 8.66. The molecule has 0 aliphatic rings. The maximum atomic E-state index is 5.49. The van der Waals surface area contributed by atoms with Gasteiger partial charge in [0, 0.05) is 26.5 Å². The molecule has 130 valence electrons. The van der Waals surface area contributed by atoms with Crippen LogP contribution in [0.1, 0.15) is 57.4 Å². The summed E-state index contributed by atoms with van der Waals surface area (Å²) in [6, 6.07) is 8.25. The van der Waals surface area contributed by atoms with Gasteiger partial charge in [0.05, 0.1) is 0 Å². The molecule has 0 aliphatic heterocycles. The molecule has 0 amide bonds. The van der Waals surface area contributed by atoms with Crippen LogP contribution in [0.2, 0.25) is 0 Å². The van der Waals surface area contributed by atoms with E-state index < -0.39 is 8.80 Å². The molecule has 3 nitrogen and oxygen atoms in total. The summed E-state index contributed by atoms with van der Waals surface area (Å²) in [6.45, 7) is 2.26. The zero-order chi connectivity index (χ0) is 17.0. The maximum absolute atomic E-state index is 5.49. The van der Waals surface area contributed by atoms with Crippen molar-refractivity contribution >= 4 is 20.1 Å². The fraction of sp³-hybridized carbons (Fsp3) is 0.579. The number of hydrogen-bond donors (Lipinski definition) is 0. The predicted octanol–water partition coefficient (Wildman–Crippen LogP) is 4.54. The van der Waals surface area contributed by atoms with Crippen molar-refractivity contribution in [1.29, 1.82) is 0 Å².